The Balaban J connectivity index is 0.000000275. The van der Waals surface area contributed by atoms with Gasteiger partial charge in [0.15, 0.2) is 0 Å². The molecule has 2 fully saturated rings. The smallest absolute Gasteiger partial charge is 0.410 e. The predicted octanol–water partition coefficient (Wildman–Crippen LogP) is 9.35. The quantitative estimate of drug-likeness (QED) is 0.178. The van der Waals surface area contributed by atoms with Crippen molar-refractivity contribution in [1.82, 2.24) is 18.8 Å². The number of ether oxygens (including phenoxy) is 3. The lowest BCUT2D eigenvalue weighted by Crippen LogP contribution is -2.40. The largest absolute Gasteiger partial charge is 0.456 e. The first kappa shape index (κ1) is 50.6. The number of nitrogens with zero attached hydrogens (tertiary/aromatic N) is 5. The molecule has 0 unspecified atom stereocenters. The lowest BCUT2D eigenvalue weighted by molar-refractivity contribution is 0.0260. The molecule has 2 aliphatic heterocycles. The van der Waals surface area contributed by atoms with Gasteiger partial charge in [-0.15, -0.1) is 12.4 Å². The van der Waals surface area contributed by atoms with Gasteiger partial charge in [-0.3, -0.25) is 0 Å². The Morgan fingerprint density at radius 3 is 1.53 bits per heavy atom. The van der Waals surface area contributed by atoms with Gasteiger partial charge in [0.2, 0.25) is 20.0 Å². The molecule has 2 saturated heterocycles. The van der Waals surface area contributed by atoms with Crippen LogP contribution >= 0.6 is 58.8 Å². The van der Waals surface area contributed by atoms with E-state index in [4.69, 9.17) is 60.6 Å². The maximum atomic E-state index is 13.6. The average molecular weight is 989 g/mol. The minimum atomic E-state index is -4.06. The number of halogens is 5. The van der Waals surface area contributed by atoms with Crippen molar-refractivity contribution in [2.45, 2.75) is 49.0 Å². The molecule has 4 aromatic carbocycles. The van der Waals surface area contributed by atoms with Crippen molar-refractivity contribution in [3.63, 3.8) is 0 Å². The number of hydrogen-bond donors (Lipinski definition) is 1. The van der Waals surface area contributed by atoms with E-state index in [1.54, 1.807) is 26.8 Å². The van der Waals surface area contributed by atoms with Crippen LogP contribution in [0, 0.1) is 22.7 Å². The molecule has 2 aliphatic rings. The number of carbonyl (C=O) groups is 1. The molecule has 4 aromatic rings. The molecule has 0 saturated carbocycles. The summed E-state index contributed by atoms with van der Waals surface area (Å²) in [5.41, 5.74) is -0.249. The van der Waals surface area contributed by atoms with Gasteiger partial charge < -0.3 is 24.4 Å². The Kier molecular flexibility index (Phi) is 18.0. The molecular weight excluding hydrogens is 946 g/mol. The zero-order valence-corrected chi connectivity index (χ0v) is 39.2. The number of carbonyl (C=O) groups excluding carboxylic acids is 1. The molecule has 0 aromatic heterocycles. The number of amides is 1. The lowest BCUT2D eigenvalue weighted by Gasteiger charge is -2.26. The summed E-state index contributed by atoms with van der Waals surface area (Å²) >= 11 is 24.1. The SMILES string of the molecule is CC(C)(C)OC(=O)N1CCCN(S(=O)(=O)c2cc(C#N)ccc2Oc2cc(Cl)cc(Cl)c2)CC1.Cl.N#Cc1ccc(Oc2cc(Cl)cc(Cl)c2)c(S(=O)(=O)N2CCCNCC2)c1. The second kappa shape index (κ2) is 22.0. The zero-order valence-electron chi connectivity index (χ0n) is 33.7. The molecule has 62 heavy (non-hydrogen) atoms. The van der Waals surface area contributed by atoms with Gasteiger partial charge in [0.1, 0.15) is 38.4 Å². The van der Waals surface area contributed by atoms with E-state index in [-0.39, 0.29) is 70.2 Å². The van der Waals surface area contributed by atoms with Crippen molar-refractivity contribution in [3.8, 4) is 35.1 Å². The number of benzene rings is 4. The van der Waals surface area contributed by atoms with E-state index < -0.39 is 31.7 Å². The highest BCUT2D eigenvalue weighted by molar-refractivity contribution is 7.89. The van der Waals surface area contributed by atoms with E-state index in [9.17, 15) is 32.2 Å². The summed E-state index contributed by atoms with van der Waals surface area (Å²) in [7, 11) is -7.90. The third-order valence-electron chi connectivity index (χ3n) is 8.91. The fourth-order valence-corrected chi connectivity index (χ4v) is 10.4. The highest BCUT2D eigenvalue weighted by Crippen LogP contribution is 2.36. The van der Waals surface area contributed by atoms with Crippen molar-refractivity contribution >= 4 is 85.0 Å². The number of rotatable bonds is 8. The summed E-state index contributed by atoms with van der Waals surface area (Å²) < 4.78 is 73.3. The molecule has 6 rings (SSSR count). The Labute approximate surface area is 388 Å². The first-order chi connectivity index (χ1) is 28.8. The molecule has 2 heterocycles. The number of sulfonamides is 2. The van der Waals surface area contributed by atoms with E-state index in [1.165, 1.54) is 80.2 Å². The second-order valence-corrected chi connectivity index (χ2v) is 20.3. The minimum Gasteiger partial charge on any atom is -0.456 e. The highest BCUT2D eigenvalue weighted by Gasteiger charge is 2.33. The molecule has 0 atom stereocenters. The van der Waals surface area contributed by atoms with Crippen LogP contribution in [0.5, 0.6) is 23.0 Å². The van der Waals surface area contributed by atoms with Gasteiger partial charge in [0.25, 0.3) is 0 Å². The van der Waals surface area contributed by atoms with E-state index >= 15 is 0 Å². The second-order valence-electron chi connectivity index (χ2n) is 14.7. The number of hydrogen-bond acceptors (Lipinski definition) is 11. The first-order valence-electron chi connectivity index (χ1n) is 18.8. The molecular formula is C41H43Cl5N6O8S2. The Bertz CT molecular complexity index is 2520. The van der Waals surface area contributed by atoms with Crippen LogP contribution in [-0.2, 0) is 24.8 Å². The lowest BCUT2D eigenvalue weighted by atomic mass is 10.2. The van der Waals surface area contributed by atoms with Crippen molar-refractivity contribution in [2.75, 3.05) is 52.4 Å². The van der Waals surface area contributed by atoms with Crippen LogP contribution in [0.3, 0.4) is 0 Å². The molecule has 332 valence electrons. The number of nitrogens with one attached hydrogen (secondary N) is 1. The van der Waals surface area contributed by atoms with Crippen LogP contribution in [0.15, 0.2) is 82.6 Å². The third kappa shape index (κ3) is 13.7. The maximum absolute atomic E-state index is 13.6. The first-order valence-corrected chi connectivity index (χ1v) is 23.2. The van der Waals surface area contributed by atoms with Crippen molar-refractivity contribution in [3.05, 3.63) is 104 Å². The van der Waals surface area contributed by atoms with E-state index in [0.29, 0.717) is 64.9 Å². The van der Waals surface area contributed by atoms with Gasteiger partial charge in [0, 0.05) is 65.9 Å². The van der Waals surface area contributed by atoms with Crippen LogP contribution in [0.4, 0.5) is 4.79 Å². The summed E-state index contributed by atoms with van der Waals surface area (Å²) in [6, 6.07) is 21.6. The van der Waals surface area contributed by atoms with Gasteiger partial charge in [-0.2, -0.15) is 19.1 Å². The standard InChI is InChI=1S/C23H25Cl2N3O5S.C18H17Cl2N3O3S.ClH/c1-23(2,3)33-22(29)27-7-4-8-28(10-9-27)34(30,31)21-11-16(15-26)5-6-20(21)32-19-13-17(24)12-18(25)14-19;19-14-9-15(20)11-16(10-14)26-17-3-2-13(12-21)8-18(17)27(24,25)23-6-1-4-22-5-7-23;/h5-6,11-14H,4,7-10H2,1-3H3;2-3,8-11,22H,1,4-7H2;1H. The molecule has 0 aliphatic carbocycles. The molecule has 14 nitrogen and oxygen atoms in total. The summed E-state index contributed by atoms with van der Waals surface area (Å²) in [5.74, 6) is 0.715. The van der Waals surface area contributed by atoms with Crippen LogP contribution in [0.1, 0.15) is 44.7 Å². The fraction of sp³-hybridized carbons (Fsp3) is 0.341. The predicted molar refractivity (Wildman–Crippen MR) is 240 cm³/mol. The Morgan fingerprint density at radius 1 is 0.629 bits per heavy atom. The summed E-state index contributed by atoms with van der Waals surface area (Å²) in [4.78, 5) is 13.7. The van der Waals surface area contributed by atoms with Crippen molar-refractivity contribution < 1.29 is 35.8 Å². The average Bonchev–Trinajstić information content (AvgIpc) is 3.62. The third-order valence-corrected chi connectivity index (χ3v) is 13.6. The normalized spacial score (nSPS) is 15.3. The highest BCUT2D eigenvalue weighted by atomic mass is 35.5. The molecule has 0 radical (unpaired) electrons. The molecule has 0 spiro atoms. The van der Waals surface area contributed by atoms with Gasteiger partial charge in [-0.05, 0) is 113 Å². The topological polar surface area (TPSA) is 182 Å². The van der Waals surface area contributed by atoms with Crippen LogP contribution in [-0.4, -0.2) is 94.4 Å². The van der Waals surface area contributed by atoms with Crippen molar-refractivity contribution in [1.29, 1.82) is 10.5 Å². The van der Waals surface area contributed by atoms with E-state index in [0.717, 1.165) is 6.54 Å². The fourth-order valence-electron chi connectivity index (χ4n) is 6.14. The Morgan fingerprint density at radius 2 is 1.08 bits per heavy atom. The van der Waals surface area contributed by atoms with Crippen LogP contribution in [0.25, 0.3) is 0 Å². The van der Waals surface area contributed by atoms with Gasteiger partial charge >= 0.3 is 6.09 Å². The van der Waals surface area contributed by atoms with E-state index in [1.807, 2.05) is 12.1 Å². The van der Waals surface area contributed by atoms with Crippen LogP contribution in [0.2, 0.25) is 20.1 Å². The minimum absolute atomic E-state index is 0. The number of nitriles is 2. The maximum Gasteiger partial charge on any atom is 0.410 e. The van der Waals surface area contributed by atoms with Gasteiger partial charge in [-0.1, -0.05) is 46.4 Å². The summed E-state index contributed by atoms with van der Waals surface area (Å²) in [6.07, 6.45) is 0.647. The van der Waals surface area contributed by atoms with E-state index in [2.05, 4.69) is 5.32 Å². The molecule has 21 heteroatoms. The monoisotopic (exact) mass is 986 g/mol. The van der Waals surface area contributed by atoms with Gasteiger partial charge in [0.05, 0.1) is 23.3 Å². The van der Waals surface area contributed by atoms with Crippen LogP contribution < -0.4 is 14.8 Å². The molecule has 1 N–H and O–H groups in total. The molecule has 1 amide bonds. The Hall–Kier alpha value is -4.04. The molecule has 0 bridgehead atoms. The summed E-state index contributed by atoms with van der Waals surface area (Å²) in [6.45, 7) is 8.20. The van der Waals surface area contributed by atoms with Gasteiger partial charge in [-0.25, -0.2) is 21.6 Å². The summed E-state index contributed by atoms with van der Waals surface area (Å²) in [5, 5.41) is 23.1. The zero-order chi connectivity index (χ0) is 44.5. The van der Waals surface area contributed by atoms with Crippen molar-refractivity contribution in [2.24, 2.45) is 0 Å².